The Morgan fingerprint density at radius 3 is 0.898 bits per heavy atom. The summed E-state index contributed by atoms with van der Waals surface area (Å²) in [5.74, 6) is -0.0625. The molecule has 0 aromatic carbocycles. The first-order valence-electron chi connectivity index (χ1n) is 39.6. The first kappa shape index (κ1) is 85.6. The highest BCUT2D eigenvalue weighted by atomic mass is 16.5. The van der Waals surface area contributed by atoms with Crippen molar-refractivity contribution in [3.63, 3.8) is 0 Å². The highest BCUT2D eigenvalue weighted by molar-refractivity contribution is 5.76. The van der Waals surface area contributed by atoms with Crippen LogP contribution in [0.15, 0.2) is 60.8 Å². The third-order valence-corrected chi connectivity index (χ3v) is 18.3. The molecule has 88 heavy (non-hydrogen) atoms. The number of ether oxygens (including phenoxy) is 1. The van der Waals surface area contributed by atoms with Crippen LogP contribution in [0.2, 0.25) is 0 Å². The van der Waals surface area contributed by atoms with Gasteiger partial charge in [0.1, 0.15) is 0 Å². The summed E-state index contributed by atoms with van der Waals surface area (Å²) in [5, 5.41) is 23.3. The molecule has 0 saturated heterocycles. The molecule has 6 heteroatoms. The number of aliphatic hydroxyl groups is 2. The molecule has 1 amide bonds. The van der Waals surface area contributed by atoms with Gasteiger partial charge in [-0.05, 0) is 89.9 Å². The summed E-state index contributed by atoms with van der Waals surface area (Å²) in [5.41, 5.74) is 0. The van der Waals surface area contributed by atoms with E-state index in [2.05, 4.69) is 67.8 Å². The first-order chi connectivity index (χ1) is 43.5. The van der Waals surface area contributed by atoms with E-state index in [1.54, 1.807) is 6.08 Å². The van der Waals surface area contributed by atoms with Crippen LogP contribution in [-0.2, 0) is 14.3 Å². The van der Waals surface area contributed by atoms with E-state index >= 15 is 0 Å². The van der Waals surface area contributed by atoms with Crippen molar-refractivity contribution in [3.05, 3.63) is 60.8 Å². The summed E-state index contributed by atoms with van der Waals surface area (Å²) in [7, 11) is 0. The number of aliphatic hydroxyl groups excluding tert-OH is 2. The molecule has 0 aliphatic heterocycles. The lowest BCUT2D eigenvalue weighted by Crippen LogP contribution is -2.45. The van der Waals surface area contributed by atoms with Gasteiger partial charge in [0.2, 0.25) is 5.91 Å². The third-order valence-electron chi connectivity index (χ3n) is 18.3. The fraction of sp³-hybridized carbons (Fsp3) is 0.854. The molecule has 0 aromatic rings. The molecule has 6 nitrogen and oxygen atoms in total. The average Bonchev–Trinajstić information content (AvgIpc) is 3.58. The van der Waals surface area contributed by atoms with E-state index in [1.807, 2.05) is 6.08 Å². The van der Waals surface area contributed by atoms with Crippen molar-refractivity contribution in [3.8, 4) is 0 Å². The van der Waals surface area contributed by atoms with E-state index in [4.69, 9.17) is 4.74 Å². The minimum atomic E-state index is -0.846. The molecule has 3 N–H and O–H groups in total. The van der Waals surface area contributed by atoms with Crippen LogP contribution in [-0.4, -0.2) is 47.4 Å². The molecule has 0 spiro atoms. The van der Waals surface area contributed by atoms with Gasteiger partial charge in [0.15, 0.2) is 0 Å². The number of rotatable bonds is 74. The molecule has 0 radical (unpaired) electrons. The first-order valence-corrected chi connectivity index (χ1v) is 39.6. The molecular weight excluding hydrogens is 1080 g/mol. The van der Waals surface area contributed by atoms with Gasteiger partial charge in [-0.2, -0.15) is 0 Å². The zero-order chi connectivity index (χ0) is 63.5. The second-order valence-corrected chi connectivity index (χ2v) is 27.0. The molecule has 0 saturated carbocycles. The van der Waals surface area contributed by atoms with Crippen LogP contribution >= 0.6 is 0 Å². The van der Waals surface area contributed by atoms with Crippen molar-refractivity contribution in [2.45, 2.75) is 437 Å². The van der Waals surface area contributed by atoms with Crippen molar-refractivity contribution in [2.24, 2.45) is 0 Å². The van der Waals surface area contributed by atoms with E-state index in [0.29, 0.717) is 19.4 Å². The smallest absolute Gasteiger partial charge is 0.305 e. The van der Waals surface area contributed by atoms with Gasteiger partial charge in [0.05, 0.1) is 25.4 Å². The summed E-state index contributed by atoms with van der Waals surface area (Å²) in [6, 6.07) is -0.629. The number of allylic oxidation sites excluding steroid dienone is 9. The fourth-order valence-corrected chi connectivity index (χ4v) is 12.2. The zero-order valence-corrected chi connectivity index (χ0v) is 59.2. The Morgan fingerprint density at radius 1 is 0.318 bits per heavy atom. The number of hydrogen-bond donors (Lipinski definition) is 3. The quantitative estimate of drug-likeness (QED) is 0.0320. The highest BCUT2D eigenvalue weighted by Gasteiger charge is 2.18. The maximum atomic E-state index is 12.6. The topological polar surface area (TPSA) is 95.9 Å². The minimum Gasteiger partial charge on any atom is -0.466 e. The van der Waals surface area contributed by atoms with Crippen molar-refractivity contribution in [2.75, 3.05) is 13.2 Å². The highest BCUT2D eigenvalue weighted by Crippen LogP contribution is 2.19. The molecule has 2 unspecified atom stereocenters. The number of carbonyl (C=O) groups excluding carboxylic acids is 2. The van der Waals surface area contributed by atoms with Gasteiger partial charge in [0.25, 0.3) is 0 Å². The van der Waals surface area contributed by atoms with E-state index in [9.17, 15) is 19.8 Å². The fourth-order valence-electron chi connectivity index (χ4n) is 12.2. The number of esters is 1. The molecular formula is C82H153NO5. The van der Waals surface area contributed by atoms with Crippen molar-refractivity contribution < 1.29 is 24.5 Å². The second-order valence-electron chi connectivity index (χ2n) is 27.0. The van der Waals surface area contributed by atoms with Crippen molar-refractivity contribution in [1.82, 2.24) is 5.32 Å². The molecule has 0 fully saturated rings. The number of nitrogens with one attached hydrogen (secondary N) is 1. The van der Waals surface area contributed by atoms with Gasteiger partial charge in [-0.1, -0.05) is 383 Å². The third kappa shape index (κ3) is 72.6. The molecule has 0 rings (SSSR count). The van der Waals surface area contributed by atoms with E-state index < -0.39 is 12.1 Å². The summed E-state index contributed by atoms with van der Waals surface area (Å²) in [6.45, 7) is 4.89. The summed E-state index contributed by atoms with van der Waals surface area (Å²) in [4.78, 5) is 24.6. The van der Waals surface area contributed by atoms with Gasteiger partial charge in [-0.25, -0.2) is 0 Å². The maximum Gasteiger partial charge on any atom is 0.305 e. The average molecular weight is 1230 g/mol. The van der Waals surface area contributed by atoms with Gasteiger partial charge >= 0.3 is 5.97 Å². The Kier molecular flexibility index (Phi) is 74.9. The van der Waals surface area contributed by atoms with Gasteiger partial charge < -0.3 is 20.3 Å². The lowest BCUT2D eigenvalue weighted by molar-refractivity contribution is -0.143. The number of unbranched alkanes of at least 4 members (excludes halogenated alkanes) is 55. The lowest BCUT2D eigenvalue weighted by atomic mass is 10.0. The summed E-state index contributed by atoms with van der Waals surface area (Å²) >= 11 is 0. The van der Waals surface area contributed by atoms with Gasteiger partial charge in [0, 0.05) is 12.8 Å². The van der Waals surface area contributed by atoms with Crippen LogP contribution in [0, 0.1) is 0 Å². The van der Waals surface area contributed by atoms with Crippen LogP contribution in [0.25, 0.3) is 0 Å². The van der Waals surface area contributed by atoms with E-state index in [-0.39, 0.29) is 18.5 Å². The Balaban J connectivity index is 3.41. The Labute approximate surface area is 549 Å². The SMILES string of the molecule is CCCC/C=C\C/C=C\CCCCCCCC(=O)OCCCCCCCCCCC/C=C\C/C=C\CCCCCCCCCCCCCCCCCCCC(=O)NC(CO)C(O)/C=C/CCCCCCCCCCCCCCCCCCCCCCCC. The van der Waals surface area contributed by atoms with Crippen molar-refractivity contribution in [1.29, 1.82) is 0 Å². The Hall–Kier alpha value is -2.44. The Morgan fingerprint density at radius 2 is 0.580 bits per heavy atom. The van der Waals surface area contributed by atoms with E-state index in [1.165, 1.54) is 340 Å². The monoisotopic (exact) mass is 1230 g/mol. The normalized spacial score (nSPS) is 12.8. The predicted molar refractivity (Wildman–Crippen MR) is 389 cm³/mol. The summed E-state index contributed by atoms with van der Waals surface area (Å²) < 4.78 is 5.48. The molecule has 0 heterocycles. The van der Waals surface area contributed by atoms with Crippen molar-refractivity contribution >= 4 is 11.9 Å². The largest absolute Gasteiger partial charge is 0.466 e. The summed E-state index contributed by atoms with van der Waals surface area (Å²) in [6.07, 6.45) is 103. The minimum absolute atomic E-state index is 0.000614. The molecule has 516 valence electrons. The molecule has 2 atom stereocenters. The van der Waals surface area contributed by atoms with Crippen LogP contribution in [0.3, 0.4) is 0 Å². The van der Waals surface area contributed by atoms with Crippen LogP contribution in [0.1, 0.15) is 425 Å². The van der Waals surface area contributed by atoms with Crippen LogP contribution in [0.4, 0.5) is 0 Å². The molecule has 0 aliphatic rings. The number of amides is 1. The maximum absolute atomic E-state index is 12.6. The van der Waals surface area contributed by atoms with E-state index in [0.717, 1.165) is 57.8 Å². The zero-order valence-electron chi connectivity index (χ0n) is 59.2. The second kappa shape index (κ2) is 77.0. The van der Waals surface area contributed by atoms with Gasteiger partial charge in [-0.3, -0.25) is 9.59 Å². The number of carbonyl (C=O) groups is 2. The Bertz CT molecular complexity index is 1520. The van der Waals surface area contributed by atoms with Gasteiger partial charge in [-0.15, -0.1) is 0 Å². The molecule has 0 aromatic heterocycles. The molecule has 0 bridgehead atoms. The predicted octanol–water partition coefficient (Wildman–Crippen LogP) is 26.2. The van der Waals surface area contributed by atoms with Crippen LogP contribution in [0.5, 0.6) is 0 Å². The van der Waals surface area contributed by atoms with Crippen LogP contribution < -0.4 is 5.32 Å². The lowest BCUT2D eigenvalue weighted by Gasteiger charge is -2.20. The number of hydrogen-bond acceptors (Lipinski definition) is 5. The molecule has 0 aliphatic carbocycles. The standard InChI is InChI=1S/C82H153NO5/c1-3-5-7-9-11-13-15-17-19-20-21-22-23-35-38-41-44-47-50-54-58-62-66-70-74-80(85)79(78-84)83-81(86)75-71-67-63-59-55-51-48-45-42-39-36-33-31-29-27-25-24-26-28-30-32-34-37-40-43-46-49-53-57-61-65-69-73-77-88-82(87)76-72-68-64-60-56-52-18-16-14-12-10-8-6-4-2/h10,12,16,18,28,30,34,37,70,74,79-80,84-85H,3-9,11,13-15,17,19-27,29,31-33,35-36,38-69,71-73,75-78H2,1-2H3,(H,83,86)/b12-10-,18-16-,30-28-,37-34-,74-70+.